The number of thiocarbonyl (C=S) groups is 1. The van der Waals surface area contributed by atoms with E-state index in [-0.39, 0.29) is 0 Å². The molecule has 2 nitrogen and oxygen atoms in total. The summed E-state index contributed by atoms with van der Waals surface area (Å²) in [5.74, 6) is 0. The number of hydrogen-bond acceptors (Lipinski definition) is 3. The number of nitrogens with two attached hydrogens (primary N) is 1. The van der Waals surface area contributed by atoms with Gasteiger partial charge in [-0.1, -0.05) is 36.1 Å². The van der Waals surface area contributed by atoms with Gasteiger partial charge in [0.05, 0.1) is 5.69 Å². The van der Waals surface area contributed by atoms with Gasteiger partial charge in [0.15, 0.2) is 0 Å². The summed E-state index contributed by atoms with van der Waals surface area (Å²) in [4.78, 5) is 3.05. The molecule has 4 heteroatoms. The van der Waals surface area contributed by atoms with Crippen LogP contribution in [0.3, 0.4) is 0 Å². The van der Waals surface area contributed by atoms with Gasteiger partial charge in [0, 0.05) is 21.0 Å². The lowest BCUT2D eigenvalue weighted by Crippen LogP contribution is -2.10. The van der Waals surface area contributed by atoms with Gasteiger partial charge >= 0.3 is 0 Å². The maximum absolute atomic E-state index is 5.80. The molecular formula is C13H10N2S2. The van der Waals surface area contributed by atoms with E-state index < -0.39 is 0 Å². The third-order valence-corrected chi connectivity index (χ3v) is 4.08. The lowest BCUT2D eigenvalue weighted by atomic mass is 10.2. The normalized spacial score (nSPS) is 13.3. The second-order valence-corrected chi connectivity index (χ2v) is 5.30. The molecule has 1 aliphatic rings. The van der Waals surface area contributed by atoms with E-state index in [1.54, 1.807) is 11.8 Å². The minimum Gasteiger partial charge on any atom is -0.399 e. The molecular weight excluding hydrogens is 248 g/mol. The van der Waals surface area contributed by atoms with Crippen LogP contribution in [0.15, 0.2) is 52.3 Å². The molecule has 0 radical (unpaired) electrons. The summed E-state index contributed by atoms with van der Waals surface area (Å²) in [6.07, 6.45) is 0. The van der Waals surface area contributed by atoms with E-state index in [9.17, 15) is 0 Å². The monoisotopic (exact) mass is 258 g/mol. The van der Waals surface area contributed by atoms with Crippen LogP contribution in [-0.4, -0.2) is 4.99 Å². The zero-order chi connectivity index (χ0) is 11.8. The first-order valence-electron chi connectivity index (χ1n) is 5.22. The lowest BCUT2D eigenvalue weighted by molar-refractivity contribution is 1.42. The third-order valence-electron chi connectivity index (χ3n) is 2.60. The second-order valence-electron chi connectivity index (χ2n) is 3.81. The standard InChI is InChI=1S/C13H10N2S2/c14-8-5-6-11-9(7-8)13(16)15-10-3-1-2-4-12(10)17-11/h1-7H,14H2,(H,15,16). The molecule has 1 aliphatic heterocycles. The molecule has 0 saturated heterocycles. The van der Waals surface area contributed by atoms with Gasteiger partial charge < -0.3 is 11.1 Å². The number of rotatable bonds is 0. The molecule has 2 aromatic carbocycles. The average Bonchev–Trinajstić information content (AvgIpc) is 2.46. The predicted molar refractivity (Wildman–Crippen MR) is 76.7 cm³/mol. The van der Waals surface area contributed by atoms with Crippen molar-refractivity contribution in [3.63, 3.8) is 0 Å². The Morgan fingerprint density at radius 1 is 1.06 bits per heavy atom. The molecule has 3 N–H and O–H groups in total. The van der Waals surface area contributed by atoms with Gasteiger partial charge in [0.25, 0.3) is 0 Å². The summed E-state index contributed by atoms with van der Waals surface area (Å²) in [6, 6.07) is 14.0. The highest BCUT2D eigenvalue weighted by atomic mass is 32.2. The number of benzene rings is 2. The first kappa shape index (κ1) is 10.6. The van der Waals surface area contributed by atoms with Gasteiger partial charge in [0.1, 0.15) is 4.99 Å². The van der Waals surface area contributed by atoms with Crippen molar-refractivity contribution in [1.29, 1.82) is 0 Å². The summed E-state index contributed by atoms with van der Waals surface area (Å²) in [6.45, 7) is 0. The molecule has 84 valence electrons. The molecule has 2 aromatic rings. The first-order valence-corrected chi connectivity index (χ1v) is 6.44. The van der Waals surface area contributed by atoms with E-state index in [2.05, 4.69) is 11.4 Å². The summed E-state index contributed by atoms with van der Waals surface area (Å²) in [7, 11) is 0. The largest absolute Gasteiger partial charge is 0.399 e. The molecule has 0 fully saturated rings. The van der Waals surface area contributed by atoms with Crippen LogP contribution in [0.25, 0.3) is 0 Å². The highest BCUT2D eigenvalue weighted by Crippen LogP contribution is 2.39. The van der Waals surface area contributed by atoms with Crippen molar-refractivity contribution in [3.8, 4) is 0 Å². The van der Waals surface area contributed by atoms with Crippen molar-refractivity contribution < 1.29 is 0 Å². The first-order chi connectivity index (χ1) is 8.24. The Hall–Kier alpha value is -1.52. The van der Waals surface area contributed by atoms with E-state index in [0.29, 0.717) is 0 Å². The van der Waals surface area contributed by atoms with Gasteiger partial charge in [-0.2, -0.15) is 0 Å². The van der Waals surface area contributed by atoms with E-state index in [0.717, 1.165) is 26.8 Å². The molecule has 0 atom stereocenters. The van der Waals surface area contributed by atoms with Gasteiger partial charge in [-0.3, -0.25) is 0 Å². The highest BCUT2D eigenvalue weighted by molar-refractivity contribution is 7.99. The zero-order valence-corrected chi connectivity index (χ0v) is 10.6. The number of para-hydroxylation sites is 1. The second kappa shape index (κ2) is 4.05. The number of hydrogen-bond donors (Lipinski definition) is 2. The van der Waals surface area contributed by atoms with E-state index in [4.69, 9.17) is 18.0 Å². The Bertz CT molecular complexity index is 608. The van der Waals surface area contributed by atoms with E-state index >= 15 is 0 Å². The fourth-order valence-corrected chi connectivity index (χ4v) is 3.14. The van der Waals surface area contributed by atoms with Crippen LogP contribution >= 0.6 is 24.0 Å². The Morgan fingerprint density at radius 2 is 1.88 bits per heavy atom. The van der Waals surface area contributed by atoms with Crippen LogP contribution in [0.4, 0.5) is 11.4 Å². The Labute approximate surface area is 109 Å². The fraction of sp³-hybridized carbons (Fsp3) is 0. The molecule has 3 rings (SSSR count). The molecule has 0 aliphatic carbocycles. The summed E-state index contributed by atoms with van der Waals surface area (Å²) in [5.41, 5.74) is 8.59. The van der Waals surface area contributed by atoms with Crippen LogP contribution in [-0.2, 0) is 0 Å². The summed E-state index contributed by atoms with van der Waals surface area (Å²) < 4.78 is 0. The smallest absolute Gasteiger partial charge is 0.112 e. The van der Waals surface area contributed by atoms with Crippen LogP contribution in [0.2, 0.25) is 0 Å². The Balaban J connectivity index is 2.17. The van der Waals surface area contributed by atoms with Crippen molar-refractivity contribution in [3.05, 3.63) is 48.0 Å². The average molecular weight is 258 g/mol. The Morgan fingerprint density at radius 3 is 2.76 bits per heavy atom. The number of anilines is 2. The number of fused-ring (bicyclic) bond motifs is 2. The van der Waals surface area contributed by atoms with Crippen LogP contribution in [0, 0.1) is 0 Å². The number of nitrogens with one attached hydrogen (secondary N) is 1. The molecule has 0 bridgehead atoms. The van der Waals surface area contributed by atoms with Crippen molar-refractivity contribution >= 4 is 40.3 Å². The van der Waals surface area contributed by atoms with Crippen molar-refractivity contribution in [1.82, 2.24) is 0 Å². The SMILES string of the molecule is Nc1ccc2c(c1)C(=S)Nc1ccccc1S2. The molecule has 17 heavy (non-hydrogen) atoms. The topological polar surface area (TPSA) is 38.0 Å². The summed E-state index contributed by atoms with van der Waals surface area (Å²) >= 11 is 7.11. The molecule has 0 unspecified atom stereocenters. The lowest BCUT2D eigenvalue weighted by Gasteiger charge is -2.07. The van der Waals surface area contributed by atoms with Gasteiger partial charge in [-0.25, -0.2) is 0 Å². The van der Waals surface area contributed by atoms with E-state index in [1.165, 1.54) is 4.90 Å². The molecule has 0 aromatic heterocycles. The van der Waals surface area contributed by atoms with Gasteiger partial charge in [0.2, 0.25) is 0 Å². The number of nitrogen functional groups attached to an aromatic ring is 1. The van der Waals surface area contributed by atoms with Crippen molar-refractivity contribution in [2.24, 2.45) is 0 Å². The fourth-order valence-electron chi connectivity index (χ4n) is 1.78. The van der Waals surface area contributed by atoms with Crippen molar-refractivity contribution in [2.45, 2.75) is 9.79 Å². The highest BCUT2D eigenvalue weighted by Gasteiger charge is 2.16. The van der Waals surface area contributed by atoms with Crippen LogP contribution < -0.4 is 11.1 Å². The maximum Gasteiger partial charge on any atom is 0.112 e. The summed E-state index contributed by atoms with van der Waals surface area (Å²) in [5, 5.41) is 3.26. The minimum atomic E-state index is 0.727. The zero-order valence-electron chi connectivity index (χ0n) is 8.94. The van der Waals surface area contributed by atoms with Gasteiger partial charge in [-0.05, 0) is 30.3 Å². The Kier molecular flexibility index (Phi) is 2.53. The molecule has 0 spiro atoms. The maximum atomic E-state index is 5.80. The van der Waals surface area contributed by atoms with Crippen LogP contribution in [0.5, 0.6) is 0 Å². The van der Waals surface area contributed by atoms with Crippen LogP contribution in [0.1, 0.15) is 5.56 Å². The third kappa shape index (κ3) is 1.90. The van der Waals surface area contributed by atoms with Crippen molar-refractivity contribution in [2.75, 3.05) is 11.1 Å². The molecule has 0 saturated carbocycles. The molecule has 1 heterocycles. The van der Waals surface area contributed by atoms with E-state index in [1.807, 2.05) is 36.4 Å². The quantitative estimate of drug-likeness (QED) is 0.560. The minimum absolute atomic E-state index is 0.727. The molecule has 0 amide bonds. The van der Waals surface area contributed by atoms with Gasteiger partial charge in [-0.15, -0.1) is 0 Å². The predicted octanol–water partition coefficient (Wildman–Crippen LogP) is 3.52.